The van der Waals surface area contributed by atoms with Gasteiger partial charge in [0.1, 0.15) is 5.56 Å². The van der Waals surface area contributed by atoms with Gasteiger partial charge in [0.25, 0.3) is 5.91 Å². The van der Waals surface area contributed by atoms with E-state index in [4.69, 9.17) is 0 Å². The van der Waals surface area contributed by atoms with Gasteiger partial charge in [0.2, 0.25) is 5.43 Å². The highest BCUT2D eigenvalue weighted by Gasteiger charge is 2.14. The summed E-state index contributed by atoms with van der Waals surface area (Å²) in [6.45, 7) is 4.23. The molecule has 3 aromatic rings. The number of amides is 1. The predicted molar refractivity (Wildman–Crippen MR) is 97.7 cm³/mol. The second-order valence-electron chi connectivity index (χ2n) is 6.23. The SMILES string of the molecule is CC(C)c1ccc(NC(=O)c2cn(C)c3ccccc3c2=O)cc1. The topological polar surface area (TPSA) is 51.1 Å². The van der Waals surface area contributed by atoms with Crippen LogP contribution in [0.1, 0.15) is 35.7 Å². The fourth-order valence-corrected chi connectivity index (χ4v) is 2.75. The summed E-state index contributed by atoms with van der Waals surface area (Å²) in [7, 11) is 1.83. The van der Waals surface area contributed by atoms with E-state index >= 15 is 0 Å². The fourth-order valence-electron chi connectivity index (χ4n) is 2.75. The van der Waals surface area contributed by atoms with E-state index in [2.05, 4.69) is 19.2 Å². The Hall–Kier alpha value is -2.88. The molecule has 0 spiro atoms. The molecule has 2 aromatic carbocycles. The third-order valence-electron chi connectivity index (χ3n) is 4.18. The van der Waals surface area contributed by atoms with Crippen LogP contribution in [-0.2, 0) is 7.05 Å². The number of rotatable bonds is 3. The molecule has 0 fully saturated rings. The number of fused-ring (bicyclic) bond motifs is 1. The Morgan fingerprint density at radius 3 is 2.38 bits per heavy atom. The van der Waals surface area contributed by atoms with Crippen LogP contribution in [0.15, 0.2) is 59.5 Å². The molecule has 0 bridgehead atoms. The number of pyridine rings is 1. The number of hydrogen-bond acceptors (Lipinski definition) is 2. The number of para-hydroxylation sites is 1. The van der Waals surface area contributed by atoms with Crippen LogP contribution in [0.25, 0.3) is 10.9 Å². The molecule has 0 saturated carbocycles. The van der Waals surface area contributed by atoms with Gasteiger partial charge in [-0.1, -0.05) is 38.1 Å². The van der Waals surface area contributed by atoms with Crippen molar-refractivity contribution < 1.29 is 4.79 Å². The van der Waals surface area contributed by atoms with Crippen molar-refractivity contribution in [3.63, 3.8) is 0 Å². The van der Waals surface area contributed by atoms with Gasteiger partial charge in [-0.25, -0.2) is 0 Å². The lowest BCUT2D eigenvalue weighted by molar-refractivity contribution is 0.102. The molecule has 0 unspecified atom stereocenters. The minimum atomic E-state index is -0.390. The van der Waals surface area contributed by atoms with Gasteiger partial charge in [-0.3, -0.25) is 9.59 Å². The summed E-state index contributed by atoms with van der Waals surface area (Å²) in [5, 5.41) is 3.35. The van der Waals surface area contributed by atoms with Crippen LogP contribution in [0, 0.1) is 0 Å². The number of nitrogens with one attached hydrogen (secondary N) is 1. The molecule has 0 aliphatic carbocycles. The number of carbonyl (C=O) groups is 1. The number of nitrogens with zero attached hydrogens (tertiary/aromatic N) is 1. The van der Waals surface area contributed by atoms with Gasteiger partial charge in [-0.15, -0.1) is 0 Å². The van der Waals surface area contributed by atoms with E-state index < -0.39 is 5.91 Å². The van der Waals surface area contributed by atoms with Crippen molar-refractivity contribution in [1.82, 2.24) is 4.57 Å². The summed E-state index contributed by atoms with van der Waals surface area (Å²) in [6, 6.07) is 15.0. The van der Waals surface area contributed by atoms with Crippen LogP contribution >= 0.6 is 0 Å². The van der Waals surface area contributed by atoms with Gasteiger partial charge < -0.3 is 9.88 Å². The first kappa shape index (κ1) is 16.0. The highest BCUT2D eigenvalue weighted by atomic mass is 16.2. The van der Waals surface area contributed by atoms with Crippen LogP contribution in [0.3, 0.4) is 0 Å². The minimum absolute atomic E-state index is 0.143. The summed E-state index contributed by atoms with van der Waals surface area (Å²) in [6.07, 6.45) is 1.59. The zero-order chi connectivity index (χ0) is 17.3. The van der Waals surface area contributed by atoms with Crippen LogP contribution in [0.2, 0.25) is 0 Å². The average Bonchev–Trinajstić information content (AvgIpc) is 2.58. The molecule has 1 amide bonds. The predicted octanol–water partition coefficient (Wildman–Crippen LogP) is 3.91. The summed E-state index contributed by atoms with van der Waals surface area (Å²) in [4.78, 5) is 25.1. The molecule has 0 atom stereocenters. The van der Waals surface area contributed by atoms with Crippen molar-refractivity contribution in [2.45, 2.75) is 19.8 Å². The van der Waals surface area contributed by atoms with Crippen molar-refractivity contribution in [2.75, 3.05) is 5.32 Å². The van der Waals surface area contributed by atoms with Crippen molar-refractivity contribution in [3.05, 3.63) is 76.1 Å². The second kappa shape index (κ2) is 6.32. The smallest absolute Gasteiger partial charge is 0.261 e. The number of benzene rings is 2. The Balaban J connectivity index is 1.94. The van der Waals surface area contributed by atoms with E-state index in [-0.39, 0.29) is 11.0 Å². The van der Waals surface area contributed by atoms with Crippen LogP contribution in [0.5, 0.6) is 0 Å². The molecule has 0 aliphatic heterocycles. The number of anilines is 1. The van der Waals surface area contributed by atoms with E-state index in [1.165, 1.54) is 5.56 Å². The molecule has 1 N–H and O–H groups in total. The molecular formula is C20H20N2O2. The largest absolute Gasteiger partial charge is 0.350 e. The average molecular weight is 320 g/mol. The molecule has 4 heteroatoms. The first-order chi connectivity index (χ1) is 11.5. The Kier molecular flexibility index (Phi) is 4.21. The molecule has 0 radical (unpaired) electrons. The van der Waals surface area contributed by atoms with Gasteiger partial charge in [-0.2, -0.15) is 0 Å². The molecule has 4 nitrogen and oxygen atoms in total. The standard InChI is InChI=1S/C20H20N2O2/c1-13(2)14-8-10-15(11-9-14)21-20(24)17-12-22(3)18-7-5-4-6-16(18)19(17)23/h4-13H,1-3H3,(H,21,24). The van der Waals surface area contributed by atoms with Crippen molar-refractivity contribution in [3.8, 4) is 0 Å². The number of hydrogen-bond donors (Lipinski definition) is 1. The van der Waals surface area contributed by atoms with E-state index in [1.807, 2.05) is 43.4 Å². The maximum atomic E-state index is 12.6. The lowest BCUT2D eigenvalue weighted by atomic mass is 10.0. The molecular weight excluding hydrogens is 300 g/mol. The molecule has 0 aliphatic rings. The Labute approximate surface area is 140 Å². The van der Waals surface area contributed by atoms with Crippen molar-refractivity contribution >= 4 is 22.5 Å². The molecule has 3 rings (SSSR count). The molecule has 1 aromatic heterocycles. The van der Waals surface area contributed by atoms with Crippen LogP contribution < -0.4 is 10.7 Å². The Morgan fingerprint density at radius 2 is 1.71 bits per heavy atom. The van der Waals surface area contributed by atoms with Gasteiger partial charge in [0.05, 0.1) is 5.52 Å². The highest BCUT2D eigenvalue weighted by molar-refractivity contribution is 6.05. The van der Waals surface area contributed by atoms with Crippen molar-refractivity contribution in [2.24, 2.45) is 7.05 Å². The highest BCUT2D eigenvalue weighted by Crippen LogP contribution is 2.18. The second-order valence-corrected chi connectivity index (χ2v) is 6.23. The monoisotopic (exact) mass is 320 g/mol. The molecule has 1 heterocycles. The quantitative estimate of drug-likeness (QED) is 0.795. The normalized spacial score (nSPS) is 11.0. The van der Waals surface area contributed by atoms with E-state index in [0.717, 1.165) is 5.52 Å². The number of aromatic nitrogens is 1. The maximum absolute atomic E-state index is 12.6. The fraction of sp³-hybridized carbons (Fsp3) is 0.200. The van der Waals surface area contributed by atoms with Crippen molar-refractivity contribution in [1.29, 1.82) is 0 Å². The van der Waals surface area contributed by atoms with E-state index in [0.29, 0.717) is 17.0 Å². The first-order valence-corrected chi connectivity index (χ1v) is 7.97. The van der Waals surface area contributed by atoms with Gasteiger partial charge in [-0.05, 0) is 35.7 Å². The minimum Gasteiger partial charge on any atom is -0.350 e. The van der Waals surface area contributed by atoms with E-state index in [9.17, 15) is 9.59 Å². The Bertz CT molecular complexity index is 954. The molecule has 122 valence electrons. The van der Waals surface area contributed by atoms with Crippen LogP contribution in [-0.4, -0.2) is 10.5 Å². The zero-order valence-electron chi connectivity index (χ0n) is 14.0. The number of carbonyl (C=O) groups excluding carboxylic acids is 1. The lowest BCUT2D eigenvalue weighted by Crippen LogP contribution is -2.23. The summed E-state index contributed by atoms with van der Waals surface area (Å²) in [5.41, 5.74) is 2.58. The number of aryl methyl sites for hydroxylation is 1. The first-order valence-electron chi connectivity index (χ1n) is 7.97. The summed E-state index contributed by atoms with van der Waals surface area (Å²) >= 11 is 0. The third kappa shape index (κ3) is 2.95. The third-order valence-corrected chi connectivity index (χ3v) is 4.18. The maximum Gasteiger partial charge on any atom is 0.261 e. The Morgan fingerprint density at radius 1 is 1.04 bits per heavy atom. The molecule has 0 saturated heterocycles. The van der Waals surface area contributed by atoms with Gasteiger partial charge >= 0.3 is 0 Å². The summed E-state index contributed by atoms with van der Waals surface area (Å²) < 4.78 is 1.80. The van der Waals surface area contributed by atoms with Gasteiger partial charge in [0, 0.05) is 24.3 Å². The van der Waals surface area contributed by atoms with Crippen LogP contribution in [0.4, 0.5) is 5.69 Å². The van der Waals surface area contributed by atoms with Gasteiger partial charge in [0.15, 0.2) is 0 Å². The zero-order valence-corrected chi connectivity index (χ0v) is 14.0. The molecule has 24 heavy (non-hydrogen) atoms. The lowest BCUT2D eigenvalue weighted by Gasteiger charge is -2.10. The van der Waals surface area contributed by atoms with E-state index in [1.54, 1.807) is 22.9 Å². The summed E-state index contributed by atoms with van der Waals surface area (Å²) in [5.74, 6) is 0.0428.